The van der Waals surface area contributed by atoms with Crippen molar-refractivity contribution in [2.24, 2.45) is 5.92 Å². The van der Waals surface area contributed by atoms with Gasteiger partial charge in [-0.2, -0.15) is 4.31 Å². The molecule has 0 bridgehead atoms. The summed E-state index contributed by atoms with van der Waals surface area (Å²) in [5, 5.41) is 3.02. The lowest BCUT2D eigenvalue weighted by molar-refractivity contribution is -0.126. The number of hydrogen-bond acceptors (Lipinski definition) is 5. The van der Waals surface area contributed by atoms with Crippen LogP contribution in [-0.4, -0.2) is 67.8 Å². The zero-order valence-electron chi connectivity index (χ0n) is 17.0. The van der Waals surface area contributed by atoms with Crippen LogP contribution >= 0.6 is 11.6 Å². The second-order valence-electron chi connectivity index (χ2n) is 8.03. The number of piperidine rings is 1. The normalized spacial score (nSPS) is 20.1. The molecule has 3 rings (SSSR count). The Morgan fingerprint density at radius 2 is 1.93 bits per heavy atom. The summed E-state index contributed by atoms with van der Waals surface area (Å²) in [6, 6.07) is 3.66. The van der Waals surface area contributed by atoms with Gasteiger partial charge >= 0.3 is 0 Å². The third-order valence-electron chi connectivity index (χ3n) is 6.13. The van der Waals surface area contributed by atoms with E-state index >= 15 is 0 Å². The molecule has 9 heteroatoms. The van der Waals surface area contributed by atoms with Crippen LogP contribution in [0.2, 0.25) is 5.15 Å². The van der Waals surface area contributed by atoms with E-state index in [1.807, 2.05) is 0 Å². The number of carbonyl (C=O) groups is 1. The number of nitrogens with zero attached hydrogens (tertiary/aromatic N) is 3. The molecule has 1 aromatic heterocycles. The van der Waals surface area contributed by atoms with Gasteiger partial charge in [0.05, 0.1) is 0 Å². The second kappa shape index (κ2) is 10.2. The van der Waals surface area contributed by atoms with Gasteiger partial charge in [-0.05, 0) is 44.9 Å². The van der Waals surface area contributed by atoms with Crippen molar-refractivity contribution in [1.29, 1.82) is 0 Å². The van der Waals surface area contributed by atoms with E-state index < -0.39 is 10.0 Å². The Bertz CT molecular complexity index is 791. The molecule has 1 saturated carbocycles. The van der Waals surface area contributed by atoms with Crippen molar-refractivity contribution in [3.8, 4) is 0 Å². The average molecular weight is 443 g/mol. The maximum absolute atomic E-state index is 12.8. The SMILES string of the molecule is CN(CCNC(=O)C1CCN(S(=O)(=O)c2cccnc2Cl)CC1)C1CCCCC1. The number of carbonyl (C=O) groups excluding carboxylic acids is 1. The highest BCUT2D eigenvalue weighted by Gasteiger charge is 2.33. The Labute approximate surface area is 178 Å². The van der Waals surface area contributed by atoms with Gasteiger partial charge in [-0.3, -0.25) is 4.79 Å². The Hall–Kier alpha value is -1.22. The Morgan fingerprint density at radius 3 is 2.59 bits per heavy atom. The van der Waals surface area contributed by atoms with Crippen molar-refractivity contribution in [3.05, 3.63) is 23.5 Å². The molecule has 1 aliphatic carbocycles. The van der Waals surface area contributed by atoms with Gasteiger partial charge in [0, 0.05) is 44.3 Å². The van der Waals surface area contributed by atoms with E-state index in [0.717, 1.165) is 6.54 Å². The highest BCUT2D eigenvalue weighted by atomic mass is 35.5. The minimum atomic E-state index is -3.68. The summed E-state index contributed by atoms with van der Waals surface area (Å²) >= 11 is 5.96. The number of amides is 1. The van der Waals surface area contributed by atoms with E-state index in [2.05, 4.69) is 22.2 Å². The van der Waals surface area contributed by atoms with Crippen molar-refractivity contribution >= 4 is 27.5 Å². The first-order chi connectivity index (χ1) is 13.9. The highest BCUT2D eigenvalue weighted by Crippen LogP contribution is 2.27. The molecule has 0 radical (unpaired) electrons. The van der Waals surface area contributed by atoms with Crippen LogP contribution in [0.15, 0.2) is 23.2 Å². The lowest BCUT2D eigenvalue weighted by Gasteiger charge is -2.32. The van der Waals surface area contributed by atoms with Crippen LogP contribution in [0.4, 0.5) is 0 Å². The molecule has 0 unspecified atom stereocenters. The zero-order valence-corrected chi connectivity index (χ0v) is 18.6. The Balaban J connectivity index is 1.44. The third-order valence-corrected chi connectivity index (χ3v) is 8.47. The molecule has 1 saturated heterocycles. The fourth-order valence-corrected chi connectivity index (χ4v) is 6.16. The van der Waals surface area contributed by atoms with E-state index in [1.54, 1.807) is 6.07 Å². The topological polar surface area (TPSA) is 82.6 Å². The summed E-state index contributed by atoms with van der Waals surface area (Å²) in [4.78, 5) is 18.7. The van der Waals surface area contributed by atoms with Gasteiger partial charge in [0.15, 0.2) is 0 Å². The quantitative estimate of drug-likeness (QED) is 0.656. The summed E-state index contributed by atoms with van der Waals surface area (Å²) in [5.41, 5.74) is 0. The molecule has 1 amide bonds. The van der Waals surface area contributed by atoms with Crippen molar-refractivity contribution in [2.75, 3.05) is 33.2 Å². The van der Waals surface area contributed by atoms with Crippen LogP contribution < -0.4 is 5.32 Å². The van der Waals surface area contributed by atoms with Crippen LogP contribution in [-0.2, 0) is 14.8 Å². The number of halogens is 1. The predicted molar refractivity (Wildman–Crippen MR) is 113 cm³/mol. The number of rotatable bonds is 7. The van der Waals surface area contributed by atoms with Crippen LogP contribution in [0, 0.1) is 5.92 Å². The lowest BCUT2D eigenvalue weighted by atomic mass is 9.94. The largest absolute Gasteiger partial charge is 0.355 e. The molecule has 2 aliphatic rings. The minimum Gasteiger partial charge on any atom is -0.355 e. The van der Waals surface area contributed by atoms with E-state index in [0.29, 0.717) is 38.5 Å². The second-order valence-corrected chi connectivity index (χ2v) is 10.3. The number of sulfonamides is 1. The molecule has 29 heavy (non-hydrogen) atoms. The van der Waals surface area contributed by atoms with Gasteiger partial charge in [-0.25, -0.2) is 13.4 Å². The first-order valence-corrected chi connectivity index (χ1v) is 12.3. The predicted octanol–water partition coefficient (Wildman–Crippen LogP) is 2.52. The first-order valence-electron chi connectivity index (χ1n) is 10.5. The molecular formula is C20H31ClN4O3S. The first kappa shape index (κ1) is 22.5. The van der Waals surface area contributed by atoms with Gasteiger partial charge < -0.3 is 10.2 Å². The molecule has 1 N–H and O–H groups in total. The van der Waals surface area contributed by atoms with E-state index in [-0.39, 0.29) is 21.9 Å². The van der Waals surface area contributed by atoms with E-state index in [9.17, 15) is 13.2 Å². The van der Waals surface area contributed by atoms with Crippen molar-refractivity contribution in [1.82, 2.24) is 19.5 Å². The molecule has 0 atom stereocenters. The summed E-state index contributed by atoms with van der Waals surface area (Å²) in [7, 11) is -1.55. The van der Waals surface area contributed by atoms with Gasteiger partial charge in [0.1, 0.15) is 10.0 Å². The number of hydrogen-bond donors (Lipinski definition) is 1. The summed E-state index contributed by atoms with van der Waals surface area (Å²) in [6.07, 6.45) is 8.92. The number of likely N-dealkylation sites (N-methyl/N-ethyl adjacent to an activating group) is 1. The average Bonchev–Trinajstić information content (AvgIpc) is 2.74. The number of nitrogens with one attached hydrogen (secondary N) is 1. The molecule has 7 nitrogen and oxygen atoms in total. The van der Waals surface area contributed by atoms with E-state index in [4.69, 9.17) is 11.6 Å². The van der Waals surface area contributed by atoms with E-state index in [1.165, 1.54) is 48.7 Å². The molecule has 0 aromatic carbocycles. The Morgan fingerprint density at radius 1 is 1.24 bits per heavy atom. The molecule has 1 aromatic rings. The molecule has 1 aliphatic heterocycles. The van der Waals surface area contributed by atoms with Gasteiger partial charge in [-0.1, -0.05) is 30.9 Å². The lowest BCUT2D eigenvalue weighted by Crippen LogP contribution is -2.45. The maximum Gasteiger partial charge on any atom is 0.246 e. The zero-order chi connectivity index (χ0) is 20.9. The smallest absolute Gasteiger partial charge is 0.246 e. The van der Waals surface area contributed by atoms with Gasteiger partial charge in [0.2, 0.25) is 15.9 Å². The highest BCUT2D eigenvalue weighted by molar-refractivity contribution is 7.89. The Kier molecular flexibility index (Phi) is 7.90. The fourth-order valence-electron chi connectivity index (χ4n) is 4.27. The van der Waals surface area contributed by atoms with Gasteiger partial charge in [0.25, 0.3) is 0 Å². The van der Waals surface area contributed by atoms with Crippen molar-refractivity contribution in [3.63, 3.8) is 0 Å². The molecule has 162 valence electrons. The monoisotopic (exact) mass is 442 g/mol. The van der Waals surface area contributed by atoms with Crippen molar-refractivity contribution < 1.29 is 13.2 Å². The minimum absolute atomic E-state index is 0.0190. The summed E-state index contributed by atoms with van der Waals surface area (Å²) < 4.78 is 27.0. The number of pyridine rings is 1. The summed E-state index contributed by atoms with van der Waals surface area (Å²) in [5.74, 6) is -0.121. The van der Waals surface area contributed by atoms with Crippen LogP contribution in [0.1, 0.15) is 44.9 Å². The van der Waals surface area contributed by atoms with Gasteiger partial charge in [-0.15, -0.1) is 0 Å². The molecular weight excluding hydrogens is 412 g/mol. The summed E-state index contributed by atoms with van der Waals surface area (Å²) in [6.45, 7) is 2.11. The maximum atomic E-state index is 12.8. The third kappa shape index (κ3) is 5.69. The van der Waals surface area contributed by atoms with Crippen LogP contribution in [0.3, 0.4) is 0 Å². The van der Waals surface area contributed by atoms with Crippen LogP contribution in [0.5, 0.6) is 0 Å². The molecule has 0 spiro atoms. The standard InChI is InChI=1S/C20H31ClN4O3S/c1-24(17-6-3-2-4-7-17)15-12-23-20(26)16-9-13-25(14-10-16)29(27,28)18-8-5-11-22-19(18)21/h5,8,11,16-17H,2-4,6-7,9-10,12-15H2,1H3,(H,23,26). The fraction of sp³-hybridized carbons (Fsp3) is 0.700. The molecule has 2 fully saturated rings. The molecule has 2 heterocycles. The van der Waals surface area contributed by atoms with Crippen LogP contribution in [0.25, 0.3) is 0 Å². The number of aromatic nitrogens is 1. The van der Waals surface area contributed by atoms with Crippen molar-refractivity contribution in [2.45, 2.75) is 55.9 Å².